The fraction of sp³-hybridized carbons (Fsp3) is 0.533. The molecular formula is C15H23ClN2O3. The van der Waals surface area contributed by atoms with E-state index in [0.29, 0.717) is 36.9 Å². The monoisotopic (exact) mass is 314 g/mol. The summed E-state index contributed by atoms with van der Waals surface area (Å²) in [5.41, 5.74) is 6.48. The molecule has 0 spiro atoms. The highest BCUT2D eigenvalue weighted by Gasteiger charge is 2.17. The van der Waals surface area contributed by atoms with Crippen LogP contribution in [-0.2, 0) is 16.0 Å². The van der Waals surface area contributed by atoms with E-state index in [-0.39, 0.29) is 5.91 Å². The number of halogens is 1. The van der Waals surface area contributed by atoms with Crippen molar-refractivity contribution in [3.8, 4) is 5.75 Å². The van der Waals surface area contributed by atoms with Gasteiger partial charge in [-0.05, 0) is 37.9 Å². The predicted molar refractivity (Wildman–Crippen MR) is 83.8 cm³/mol. The number of benzene rings is 1. The van der Waals surface area contributed by atoms with Crippen LogP contribution in [0.2, 0.25) is 5.02 Å². The van der Waals surface area contributed by atoms with Gasteiger partial charge in [0.2, 0.25) is 0 Å². The van der Waals surface area contributed by atoms with E-state index in [9.17, 15) is 4.79 Å². The molecule has 0 radical (unpaired) electrons. The quantitative estimate of drug-likeness (QED) is 0.681. The highest BCUT2D eigenvalue weighted by atomic mass is 35.5. The van der Waals surface area contributed by atoms with Gasteiger partial charge in [0.15, 0.2) is 6.10 Å². The molecule has 0 bridgehead atoms. The number of ether oxygens (including phenoxy) is 2. The van der Waals surface area contributed by atoms with Gasteiger partial charge in [-0.15, -0.1) is 0 Å². The molecule has 3 N–H and O–H groups in total. The van der Waals surface area contributed by atoms with Crippen molar-refractivity contribution >= 4 is 17.5 Å². The number of nitrogens with one attached hydrogen (secondary N) is 1. The van der Waals surface area contributed by atoms with Crippen LogP contribution in [0.5, 0.6) is 5.75 Å². The molecule has 1 aromatic rings. The molecule has 0 saturated heterocycles. The molecule has 0 heterocycles. The van der Waals surface area contributed by atoms with E-state index in [1.165, 1.54) is 0 Å². The number of hydrogen-bond acceptors (Lipinski definition) is 4. The average molecular weight is 315 g/mol. The van der Waals surface area contributed by atoms with E-state index in [1.807, 2.05) is 12.1 Å². The first-order valence-corrected chi connectivity index (χ1v) is 7.38. The summed E-state index contributed by atoms with van der Waals surface area (Å²) in [6.45, 7) is 3.36. The van der Waals surface area contributed by atoms with Gasteiger partial charge >= 0.3 is 0 Å². The molecule has 0 aliphatic carbocycles. The van der Waals surface area contributed by atoms with Crippen molar-refractivity contribution in [3.63, 3.8) is 0 Å². The Morgan fingerprint density at radius 3 is 2.90 bits per heavy atom. The van der Waals surface area contributed by atoms with E-state index in [2.05, 4.69) is 5.32 Å². The summed E-state index contributed by atoms with van der Waals surface area (Å²) in [5, 5.41) is 3.28. The normalized spacial score (nSPS) is 12.0. The molecule has 1 aromatic carbocycles. The van der Waals surface area contributed by atoms with E-state index < -0.39 is 6.10 Å². The third kappa shape index (κ3) is 5.91. The molecule has 5 nitrogen and oxygen atoms in total. The zero-order valence-electron chi connectivity index (χ0n) is 12.5. The third-order valence-corrected chi connectivity index (χ3v) is 3.25. The largest absolute Gasteiger partial charge is 0.479 e. The van der Waals surface area contributed by atoms with Crippen LogP contribution in [0, 0.1) is 0 Å². The zero-order valence-corrected chi connectivity index (χ0v) is 13.3. The molecule has 1 rings (SSSR count). The standard InChI is InChI=1S/C15H23ClN2O3/c1-11(15(19)18-9-4-10-20-2)21-14-12(7-8-17)5-3-6-13(14)16/h3,5-6,11H,4,7-10,17H2,1-2H3,(H,18,19). The van der Waals surface area contributed by atoms with Crippen molar-refractivity contribution in [1.29, 1.82) is 0 Å². The van der Waals surface area contributed by atoms with Crippen LogP contribution in [0.1, 0.15) is 18.9 Å². The van der Waals surface area contributed by atoms with Crippen LogP contribution < -0.4 is 15.8 Å². The highest BCUT2D eigenvalue weighted by Crippen LogP contribution is 2.29. The van der Waals surface area contributed by atoms with Crippen molar-refractivity contribution < 1.29 is 14.3 Å². The molecule has 1 unspecified atom stereocenters. The average Bonchev–Trinajstić information content (AvgIpc) is 2.47. The SMILES string of the molecule is COCCCNC(=O)C(C)Oc1c(Cl)cccc1CCN. The Morgan fingerprint density at radius 2 is 2.24 bits per heavy atom. The van der Waals surface area contributed by atoms with Crippen LogP contribution in [-0.4, -0.2) is 38.8 Å². The zero-order chi connectivity index (χ0) is 15.7. The fourth-order valence-corrected chi connectivity index (χ4v) is 2.08. The van der Waals surface area contributed by atoms with Crippen molar-refractivity contribution in [2.24, 2.45) is 5.73 Å². The molecule has 6 heteroatoms. The summed E-state index contributed by atoms with van der Waals surface area (Å²) in [6, 6.07) is 5.48. The summed E-state index contributed by atoms with van der Waals surface area (Å²) in [5.74, 6) is 0.355. The minimum Gasteiger partial charge on any atom is -0.479 e. The van der Waals surface area contributed by atoms with Gasteiger partial charge in [-0.25, -0.2) is 0 Å². The van der Waals surface area contributed by atoms with Crippen LogP contribution >= 0.6 is 11.6 Å². The Bertz CT molecular complexity index is 455. The molecule has 0 aromatic heterocycles. The number of amides is 1. The lowest BCUT2D eigenvalue weighted by molar-refractivity contribution is -0.127. The summed E-state index contributed by atoms with van der Waals surface area (Å²) < 4.78 is 10.6. The second-order valence-electron chi connectivity index (χ2n) is 4.66. The third-order valence-electron chi connectivity index (χ3n) is 2.95. The molecule has 0 aliphatic rings. The number of nitrogens with two attached hydrogens (primary N) is 1. The number of carbonyl (C=O) groups is 1. The lowest BCUT2D eigenvalue weighted by Crippen LogP contribution is -2.37. The van der Waals surface area contributed by atoms with Gasteiger partial charge in [0.05, 0.1) is 5.02 Å². The summed E-state index contributed by atoms with van der Waals surface area (Å²) in [7, 11) is 1.63. The lowest BCUT2D eigenvalue weighted by atomic mass is 10.1. The Balaban J connectivity index is 2.61. The number of carbonyl (C=O) groups excluding carboxylic acids is 1. The Kier molecular flexibility index (Phi) is 8.12. The maximum atomic E-state index is 11.9. The lowest BCUT2D eigenvalue weighted by Gasteiger charge is -2.18. The van der Waals surface area contributed by atoms with Crippen molar-refractivity contribution in [1.82, 2.24) is 5.32 Å². The number of methoxy groups -OCH3 is 1. The van der Waals surface area contributed by atoms with Gasteiger partial charge in [-0.2, -0.15) is 0 Å². The van der Waals surface area contributed by atoms with E-state index in [4.69, 9.17) is 26.8 Å². The van der Waals surface area contributed by atoms with Gasteiger partial charge in [-0.1, -0.05) is 23.7 Å². The van der Waals surface area contributed by atoms with Crippen LogP contribution in [0.3, 0.4) is 0 Å². The molecule has 1 amide bonds. The van der Waals surface area contributed by atoms with Gasteiger partial charge in [0, 0.05) is 20.3 Å². The maximum absolute atomic E-state index is 11.9. The molecule has 0 saturated carbocycles. The first-order chi connectivity index (χ1) is 10.1. The van der Waals surface area contributed by atoms with E-state index >= 15 is 0 Å². The molecule has 21 heavy (non-hydrogen) atoms. The van der Waals surface area contributed by atoms with Gasteiger partial charge < -0.3 is 20.5 Å². The molecule has 0 aliphatic heterocycles. The molecule has 118 valence electrons. The Labute approximate surface area is 130 Å². The van der Waals surface area contributed by atoms with Gasteiger partial charge in [0.25, 0.3) is 5.91 Å². The molecular weight excluding hydrogens is 292 g/mol. The van der Waals surface area contributed by atoms with E-state index in [0.717, 1.165) is 12.0 Å². The fourth-order valence-electron chi connectivity index (χ4n) is 1.84. The van der Waals surface area contributed by atoms with Crippen molar-refractivity contribution in [2.45, 2.75) is 25.9 Å². The van der Waals surface area contributed by atoms with Gasteiger partial charge in [0.1, 0.15) is 5.75 Å². The number of hydrogen-bond donors (Lipinski definition) is 2. The first-order valence-electron chi connectivity index (χ1n) is 7.01. The predicted octanol–water partition coefficient (Wildman–Crippen LogP) is 1.76. The smallest absolute Gasteiger partial charge is 0.260 e. The maximum Gasteiger partial charge on any atom is 0.260 e. The molecule has 1 atom stereocenters. The minimum atomic E-state index is -0.621. The van der Waals surface area contributed by atoms with Crippen LogP contribution in [0.4, 0.5) is 0 Å². The highest BCUT2D eigenvalue weighted by molar-refractivity contribution is 6.32. The second-order valence-corrected chi connectivity index (χ2v) is 5.07. The van der Waals surface area contributed by atoms with E-state index in [1.54, 1.807) is 20.1 Å². The first kappa shape index (κ1) is 17.8. The Morgan fingerprint density at radius 1 is 1.48 bits per heavy atom. The van der Waals surface area contributed by atoms with Crippen molar-refractivity contribution in [3.05, 3.63) is 28.8 Å². The summed E-state index contributed by atoms with van der Waals surface area (Å²) >= 11 is 6.15. The summed E-state index contributed by atoms with van der Waals surface area (Å²) in [6.07, 6.45) is 0.793. The number of rotatable bonds is 9. The Hall–Kier alpha value is -1.30. The second kappa shape index (κ2) is 9.60. The van der Waals surface area contributed by atoms with Crippen molar-refractivity contribution in [2.75, 3.05) is 26.8 Å². The van der Waals surface area contributed by atoms with Crippen LogP contribution in [0.25, 0.3) is 0 Å². The molecule has 0 fully saturated rings. The summed E-state index contributed by atoms with van der Waals surface area (Å²) in [4.78, 5) is 11.9. The number of para-hydroxylation sites is 1. The van der Waals surface area contributed by atoms with Gasteiger partial charge in [-0.3, -0.25) is 4.79 Å². The topological polar surface area (TPSA) is 73.6 Å². The van der Waals surface area contributed by atoms with Crippen LogP contribution in [0.15, 0.2) is 18.2 Å². The minimum absolute atomic E-state index is 0.176.